The second-order valence-corrected chi connectivity index (χ2v) is 12.2. The van der Waals surface area contributed by atoms with Gasteiger partial charge in [0, 0.05) is 16.5 Å². The van der Waals surface area contributed by atoms with E-state index >= 15 is 0 Å². The number of hydrogen-bond donors (Lipinski definition) is 3. The van der Waals surface area contributed by atoms with Crippen LogP contribution in [0.3, 0.4) is 0 Å². The summed E-state index contributed by atoms with van der Waals surface area (Å²) >= 11 is 3.40. The summed E-state index contributed by atoms with van der Waals surface area (Å²) in [4.78, 5) is 39.2. The lowest BCUT2D eigenvalue weighted by Gasteiger charge is -2.19. The molecule has 0 heterocycles. The van der Waals surface area contributed by atoms with Gasteiger partial charge < -0.3 is 20.5 Å². The molecule has 1 fully saturated rings. The summed E-state index contributed by atoms with van der Waals surface area (Å²) in [6.45, 7) is 0. The number of aliphatic carboxylic acids is 1. The molecule has 0 radical (unpaired) electrons. The first-order valence-electron chi connectivity index (χ1n) is 14.9. The van der Waals surface area contributed by atoms with Crippen LogP contribution >= 0.6 is 15.9 Å². The molecular formula is C38H31BrN2O5. The first-order valence-corrected chi connectivity index (χ1v) is 15.7. The van der Waals surface area contributed by atoms with Crippen LogP contribution in [0.1, 0.15) is 34.3 Å². The minimum absolute atomic E-state index is 0.0658. The van der Waals surface area contributed by atoms with Gasteiger partial charge in [-0.05, 0) is 65.9 Å². The Kier molecular flexibility index (Phi) is 8.99. The predicted molar refractivity (Wildman–Crippen MR) is 181 cm³/mol. The topological polar surface area (TPSA) is 105 Å². The molecule has 0 bridgehead atoms. The molecule has 0 spiro atoms. The molecule has 5 aromatic carbocycles. The molecule has 2 amide bonds. The minimum atomic E-state index is -1.20. The monoisotopic (exact) mass is 674 g/mol. The van der Waals surface area contributed by atoms with Crippen molar-refractivity contribution < 1.29 is 24.2 Å². The van der Waals surface area contributed by atoms with E-state index in [4.69, 9.17) is 4.74 Å². The molecule has 230 valence electrons. The summed E-state index contributed by atoms with van der Waals surface area (Å²) in [6.07, 6.45) is 1.50. The summed E-state index contributed by atoms with van der Waals surface area (Å²) in [6, 6.07) is 38.1. The first-order chi connectivity index (χ1) is 22.3. The maximum atomic E-state index is 13.5. The number of para-hydroxylation sites is 2. The molecule has 7 nitrogen and oxygen atoms in total. The van der Waals surface area contributed by atoms with E-state index < -0.39 is 23.3 Å². The summed E-state index contributed by atoms with van der Waals surface area (Å²) in [7, 11) is 0. The highest BCUT2D eigenvalue weighted by atomic mass is 79.9. The Bertz CT molecular complexity index is 1870. The highest BCUT2D eigenvalue weighted by molar-refractivity contribution is 9.10. The van der Waals surface area contributed by atoms with Gasteiger partial charge in [0.2, 0.25) is 5.91 Å². The molecule has 1 aliphatic rings. The lowest BCUT2D eigenvalue weighted by atomic mass is 9.95. The molecule has 0 aromatic heterocycles. The fraction of sp³-hybridized carbons (Fsp3) is 0.132. The van der Waals surface area contributed by atoms with Gasteiger partial charge in [-0.1, -0.05) is 107 Å². The Hall–Kier alpha value is -5.21. The number of carboxylic acids is 1. The zero-order valence-corrected chi connectivity index (χ0v) is 26.4. The number of hydrogen-bond acceptors (Lipinski definition) is 4. The average molecular weight is 676 g/mol. The van der Waals surface area contributed by atoms with Crippen molar-refractivity contribution in [1.82, 2.24) is 5.32 Å². The molecule has 46 heavy (non-hydrogen) atoms. The molecule has 0 aliphatic heterocycles. The molecular weight excluding hydrogens is 644 g/mol. The van der Waals surface area contributed by atoms with E-state index in [1.165, 1.54) is 0 Å². The molecule has 1 atom stereocenters. The second kappa shape index (κ2) is 13.4. The average Bonchev–Trinajstić information content (AvgIpc) is 3.89. The Labute approximate surface area is 275 Å². The van der Waals surface area contributed by atoms with Gasteiger partial charge in [-0.25, -0.2) is 4.79 Å². The van der Waals surface area contributed by atoms with Gasteiger partial charge in [-0.15, -0.1) is 0 Å². The van der Waals surface area contributed by atoms with Gasteiger partial charge in [-0.3, -0.25) is 9.59 Å². The van der Waals surface area contributed by atoms with E-state index in [-0.39, 0.29) is 17.9 Å². The predicted octanol–water partition coefficient (Wildman–Crippen LogP) is 8.00. The molecule has 5 aromatic rings. The third-order valence-corrected chi connectivity index (χ3v) is 8.64. The van der Waals surface area contributed by atoms with Crippen LogP contribution in [0.5, 0.6) is 11.5 Å². The van der Waals surface area contributed by atoms with Gasteiger partial charge >= 0.3 is 5.97 Å². The van der Waals surface area contributed by atoms with Crippen molar-refractivity contribution >= 4 is 39.4 Å². The summed E-state index contributed by atoms with van der Waals surface area (Å²) in [5, 5.41) is 15.6. The van der Waals surface area contributed by atoms with Crippen molar-refractivity contribution in [3.63, 3.8) is 0 Å². The van der Waals surface area contributed by atoms with Gasteiger partial charge in [0.1, 0.15) is 17.5 Å². The van der Waals surface area contributed by atoms with Crippen molar-refractivity contribution in [3.05, 3.63) is 149 Å². The van der Waals surface area contributed by atoms with Gasteiger partial charge in [-0.2, -0.15) is 0 Å². The third kappa shape index (κ3) is 6.87. The Morgan fingerprint density at radius 1 is 0.804 bits per heavy atom. The number of carbonyl (C=O) groups is 3. The summed E-state index contributed by atoms with van der Waals surface area (Å²) in [5.74, 6) is -0.535. The number of carbonyl (C=O) groups excluding carboxylic acids is 2. The van der Waals surface area contributed by atoms with E-state index in [0.29, 0.717) is 28.8 Å². The number of nitrogens with one attached hydrogen (secondary N) is 2. The van der Waals surface area contributed by atoms with Crippen LogP contribution in [-0.2, 0) is 21.4 Å². The molecule has 1 aliphatic carbocycles. The van der Waals surface area contributed by atoms with Crippen molar-refractivity contribution in [2.45, 2.75) is 30.7 Å². The van der Waals surface area contributed by atoms with Crippen LogP contribution in [0.4, 0.5) is 5.69 Å². The number of benzene rings is 5. The molecule has 8 heteroatoms. The maximum Gasteiger partial charge on any atom is 0.326 e. The number of carboxylic acid groups (broad SMARTS) is 1. The number of halogens is 1. The van der Waals surface area contributed by atoms with E-state index in [9.17, 15) is 19.5 Å². The number of anilines is 1. The summed E-state index contributed by atoms with van der Waals surface area (Å²) in [5.41, 5.74) is 3.32. The quantitative estimate of drug-likeness (QED) is 0.132. The SMILES string of the molecule is O=C(NC(Cc1ccc(-c2ccccc2Oc2ccccc2)cc1)C(=O)O)c1cc(Br)ccc1NC(=O)C1(c2ccccc2)CC1. The fourth-order valence-corrected chi connectivity index (χ4v) is 5.85. The van der Waals surface area contributed by atoms with Crippen molar-refractivity contribution in [2.24, 2.45) is 0 Å². The van der Waals surface area contributed by atoms with Crippen LogP contribution in [0.2, 0.25) is 0 Å². The molecule has 1 saturated carbocycles. The van der Waals surface area contributed by atoms with E-state index in [2.05, 4.69) is 26.6 Å². The number of ether oxygens (including phenoxy) is 1. The zero-order valence-electron chi connectivity index (χ0n) is 24.8. The lowest BCUT2D eigenvalue weighted by molar-refractivity contribution is -0.139. The minimum Gasteiger partial charge on any atom is -0.480 e. The number of amides is 2. The number of rotatable bonds is 11. The normalized spacial score (nSPS) is 13.7. The maximum absolute atomic E-state index is 13.5. The highest BCUT2D eigenvalue weighted by Crippen LogP contribution is 2.49. The van der Waals surface area contributed by atoms with E-state index in [1.54, 1.807) is 18.2 Å². The van der Waals surface area contributed by atoms with Crippen LogP contribution in [0, 0.1) is 0 Å². The Balaban J connectivity index is 1.16. The standard InChI is InChI=1S/C38H31BrN2O5/c39-28-19-20-32(41-37(45)38(21-22-38)27-9-3-1-4-10-27)31(24-28)35(42)40-33(36(43)44)23-25-15-17-26(18-16-25)30-13-7-8-14-34(30)46-29-11-5-2-6-12-29/h1-20,24,33H,21-23H2,(H,40,42)(H,41,45)(H,43,44). The molecule has 1 unspecified atom stereocenters. The van der Waals surface area contributed by atoms with Gasteiger partial charge in [0.15, 0.2) is 0 Å². The van der Waals surface area contributed by atoms with Crippen molar-refractivity contribution in [1.29, 1.82) is 0 Å². The molecule has 6 rings (SSSR count). The van der Waals surface area contributed by atoms with Crippen LogP contribution in [0.25, 0.3) is 11.1 Å². The Morgan fingerprint density at radius 3 is 2.13 bits per heavy atom. The molecule has 0 saturated heterocycles. The van der Waals surface area contributed by atoms with E-state index in [0.717, 1.165) is 28.0 Å². The van der Waals surface area contributed by atoms with Crippen molar-refractivity contribution in [3.8, 4) is 22.6 Å². The lowest BCUT2D eigenvalue weighted by Crippen LogP contribution is -2.42. The Morgan fingerprint density at radius 2 is 1.46 bits per heavy atom. The van der Waals surface area contributed by atoms with Gasteiger partial charge in [0.05, 0.1) is 16.7 Å². The highest BCUT2D eigenvalue weighted by Gasteiger charge is 2.51. The van der Waals surface area contributed by atoms with Crippen LogP contribution in [0.15, 0.2) is 132 Å². The second-order valence-electron chi connectivity index (χ2n) is 11.3. The zero-order chi connectivity index (χ0) is 32.1. The summed E-state index contributed by atoms with van der Waals surface area (Å²) < 4.78 is 6.73. The smallest absolute Gasteiger partial charge is 0.326 e. The largest absolute Gasteiger partial charge is 0.480 e. The van der Waals surface area contributed by atoms with Crippen molar-refractivity contribution in [2.75, 3.05) is 5.32 Å². The van der Waals surface area contributed by atoms with Crippen LogP contribution in [-0.4, -0.2) is 28.9 Å². The third-order valence-electron chi connectivity index (χ3n) is 8.15. The first kappa shape index (κ1) is 30.8. The van der Waals surface area contributed by atoms with Gasteiger partial charge in [0.25, 0.3) is 5.91 Å². The molecule has 3 N–H and O–H groups in total. The van der Waals surface area contributed by atoms with E-state index in [1.807, 2.05) is 109 Å². The van der Waals surface area contributed by atoms with Crippen LogP contribution < -0.4 is 15.4 Å². The fourth-order valence-electron chi connectivity index (χ4n) is 5.49.